The molecule has 1 aromatic rings. The first-order chi connectivity index (χ1) is 11.0. The Balaban J connectivity index is 3.62. The van der Waals surface area contributed by atoms with Gasteiger partial charge in [-0.3, -0.25) is 0 Å². The molecular formula is C20H29NO2S. The van der Waals surface area contributed by atoms with E-state index in [4.69, 9.17) is 0 Å². The van der Waals surface area contributed by atoms with E-state index < -0.39 is 10.0 Å². The Labute approximate surface area is 147 Å². The second kappa shape index (κ2) is 7.98. The highest BCUT2D eigenvalue weighted by Crippen LogP contribution is 2.29. The topological polar surface area (TPSA) is 37.4 Å². The summed E-state index contributed by atoms with van der Waals surface area (Å²) in [5.74, 6) is 0.0967. The van der Waals surface area contributed by atoms with E-state index in [1.54, 1.807) is 6.08 Å². The van der Waals surface area contributed by atoms with Gasteiger partial charge in [-0.2, -0.15) is 4.31 Å². The maximum atomic E-state index is 13.5. The van der Waals surface area contributed by atoms with Crippen LogP contribution in [0.3, 0.4) is 0 Å². The van der Waals surface area contributed by atoms with Crippen molar-refractivity contribution in [3.05, 3.63) is 59.4 Å². The third kappa shape index (κ3) is 4.47. The van der Waals surface area contributed by atoms with Crippen LogP contribution in [0.5, 0.6) is 0 Å². The molecule has 3 nitrogen and oxygen atoms in total. The zero-order valence-electron chi connectivity index (χ0n) is 15.7. The van der Waals surface area contributed by atoms with Crippen LogP contribution in [0.2, 0.25) is 0 Å². The summed E-state index contributed by atoms with van der Waals surface area (Å²) in [6.45, 7) is 19.3. The Morgan fingerprint density at radius 2 is 1.75 bits per heavy atom. The van der Waals surface area contributed by atoms with Crippen molar-refractivity contribution in [3.8, 4) is 0 Å². The molecule has 0 aliphatic rings. The summed E-state index contributed by atoms with van der Waals surface area (Å²) in [5.41, 5.74) is 6.14. The van der Waals surface area contributed by atoms with Crippen molar-refractivity contribution in [1.82, 2.24) is 4.31 Å². The Morgan fingerprint density at radius 3 is 2.12 bits per heavy atom. The van der Waals surface area contributed by atoms with E-state index in [1.165, 1.54) is 4.31 Å². The van der Waals surface area contributed by atoms with Gasteiger partial charge in [0.15, 0.2) is 0 Å². The van der Waals surface area contributed by atoms with Crippen LogP contribution in [-0.2, 0) is 10.0 Å². The van der Waals surface area contributed by atoms with Gasteiger partial charge in [0.2, 0.25) is 10.0 Å². The molecule has 24 heavy (non-hydrogen) atoms. The lowest BCUT2D eigenvalue weighted by molar-refractivity contribution is 0.319. The Bertz CT molecular complexity index is 746. The normalized spacial score (nSPS) is 13.0. The van der Waals surface area contributed by atoms with Gasteiger partial charge in [0.05, 0.1) is 10.9 Å². The first-order valence-electron chi connectivity index (χ1n) is 8.12. The van der Waals surface area contributed by atoms with Crippen molar-refractivity contribution in [2.75, 3.05) is 6.54 Å². The molecule has 132 valence electrons. The summed E-state index contributed by atoms with van der Waals surface area (Å²) in [4.78, 5) is 0.387. The van der Waals surface area contributed by atoms with E-state index in [1.807, 2.05) is 53.7 Å². The highest BCUT2D eigenvalue weighted by atomic mass is 32.2. The summed E-state index contributed by atoms with van der Waals surface area (Å²) in [5, 5.41) is 0. The SMILES string of the molecule is C=C=CC(C(C)C)N(CC(=C)C)S(=O)(=O)c1c(C)cc(C)cc1C. The molecule has 0 amide bonds. The lowest BCUT2D eigenvalue weighted by Crippen LogP contribution is -2.43. The molecule has 0 aliphatic carbocycles. The molecule has 0 bridgehead atoms. The van der Waals surface area contributed by atoms with Crippen LogP contribution in [0.1, 0.15) is 37.5 Å². The summed E-state index contributed by atoms with van der Waals surface area (Å²) < 4.78 is 28.4. The molecule has 1 rings (SSSR count). The second-order valence-corrected chi connectivity index (χ2v) is 8.67. The average Bonchev–Trinajstić information content (AvgIpc) is 2.40. The second-order valence-electron chi connectivity index (χ2n) is 6.84. The van der Waals surface area contributed by atoms with Crippen molar-refractivity contribution < 1.29 is 8.42 Å². The zero-order chi connectivity index (χ0) is 18.7. The number of sulfonamides is 1. The number of hydrogen-bond acceptors (Lipinski definition) is 2. The zero-order valence-corrected chi connectivity index (χ0v) is 16.5. The summed E-state index contributed by atoms with van der Waals surface area (Å²) in [6, 6.07) is 3.50. The third-order valence-electron chi connectivity index (χ3n) is 3.90. The fourth-order valence-electron chi connectivity index (χ4n) is 3.04. The van der Waals surface area contributed by atoms with E-state index >= 15 is 0 Å². The fourth-order valence-corrected chi connectivity index (χ4v) is 5.22. The van der Waals surface area contributed by atoms with E-state index in [-0.39, 0.29) is 18.5 Å². The molecule has 4 heteroatoms. The van der Waals surface area contributed by atoms with Gasteiger partial charge in [-0.05, 0) is 50.8 Å². The number of benzene rings is 1. The fraction of sp³-hybridized carbons (Fsp3) is 0.450. The van der Waals surface area contributed by atoms with Crippen molar-refractivity contribution in [1.29, 1.82) is 0 Å². The van der Waals surface area contributed by atoms with Crippen LogP contribution in [0.15, 0.2) is 47.6 Å². The van der Waals surface area contributed by atoms with Crippen LogP contribution < -0.4 is 0 Å². The minimum Gasteiger partial charge on any atom is -0.207 e. The quantitative estimate of drug-likeness (QED) is 0.536. The van der Waals surface area contributed by atoms with Crippen molar-refractivity contribution >= 4 is 10.0 Å². The molecule has 1 aromatic carbocycles. The highest BCUT2D eigenvalue weighted by Gasteiger charge is 2.34. The van der Waals surface area contributed by atoms with Gasteiger partial charge in [-0.1, -0.05) is 50.3 Å². The molecule has 0 aromatic heterocycles. The average molecular weight is 348 g/mol. The van der Waals surface area contributed by atoms with E-state index in [2.05, 4.69) is 18.9 Å². The van der Waals surface area contributed by atoms with Gasteiger partial charge in [0, 0.05) is 6.54 Å². The van der Waals surface area contributed by atoms with Crippen LogP contribution in [0, 0.1) is 26.7 Å². The van der Waals surface area contributed by atoms with E-state index in [9.17, 15) is 8.42 Å². The van der Waals surface area contributed by atoms with Crippen molar-refractivity contribution in [3.63, 3.8) is 0 Å². The highest BCUT2D eigenvalue weighted by molar-refractivity contribution is 7.89. The van der Waals surface area contributed by atoms with Crippen LogP contribution in [-0.4, -0.2) is 25.3 Å². The van der Waals surface area contributed by atoms with Crippen molar-refractivity contribution in [2.24, 2.45) is 5.92 Å². The Morgan fingerprint density at radius 1 is 1.25 bits per heavy atom. The minimum absolute atomic E-state index is 0.0967. The maximum Gasteiger partial charge on any atom is 0.244 e. The van der Waals surface area contributed by atoms with Gasteiger partial charge in [-0.25, -0.2) is 8.42 Å². The third-order valence-corrected chi connectivity index (χ3v) is 6.05. The van der Waals surface area contributed by atoms with Crippen LogP contribution in [0.25, 0.3) is 0 Å². The van der Waals surface area contributed by atoms with Gasteiger partial charge in [0.25, 0.3) is 0 Å². The number of nitrogens with zero attached hydrogens (tertiary/aromatic N) is 1. The molecule has 1 unspecified atom stereocenters. The molecule has 0 fully saturated rings. The Hall–Kier alpha value is -1.61. The summed E-state index contributed by atoms with van der Waals surface area (Å²) in [6.07, 6.45) is 1.73. The molecule has 1 atom stereocenters. The lowest BCUT2D eigenvalue weighted by atomic mass is 10.0. The standard InChI is InChI=1S/C20H29NO2S/c1-9-10-19(15(4)5)21(13-14(2)3)24(22,23)20-17(7)11-16(6)12-18(20)8/h10-12,15,19H,1-2,13H2,3-8H3. The summed E-state index contributed by atoms with van der Waals surface area (Å²) in [7, 11) is -3.67. The minimum atomic E-state index is -3.67. The maximum absolute atomic E-state index is 13.5. The van der Waals surface area contributed by atoms with Gasteiger partial charge >= 0.3 is 0 Å². The largest absolute Gasteiger partial charge is 0.244 e. The first kappa shape index (κ1) is 20.4. The monoisotopic (exact) mass is 347 g/mol. The molecule has 0 saturated heterocycles. The van der Waals surface area contributed by atoms with Gasteiger partial charge in [-0.15, -0.1) is 5.73 Å². The molecule has 0 radical (unpaired) electrons. The molecule has 0 N–H and O–H groups in total. The predicted octanol–water partition coefficient (Wildman–Crippen LogP) is 4.54. The summed E-state index contributed by atoms with van der Waals surface area (Å²) >= 11 is 0. The molecule has 0 saturated carbocycles. The van der Waals surface area contributed by atoms with E-state index in [0.717, 1.165) is 22.3 Å². The van der Waals surface area contributed by atoms with Gasteiger partial charge < -0.3 is 0 Å². The molecule has 0 aliphatic heterocycles. The van der Waals surface area contributed by atoms with E-state index in [0.29, 0.717) is 4.90 Å². The molecule has 0 heterocycles. The molecule has 0 spiro atoms. The number of rotatable bonds is 7. The first-order valence-corrected chi connectivity index (χ1v) is 9.56. The number of aryl methyl sites for hydroxylation is 3. The predicted molar refractivity (Wildman–Crippen MR) is 102 cm³/mol. The Kier molecular flexibility index (Phi) is 6.79. The smallest absolute Gasteiger partial charge is 0.207 e. The lowest BCUT2D eigenvalue weighted by Gasteiger charge is -2.32. The molecular weight excluding hydrogens is 318 g/mol. The van der Waals surface area contributed by atoms with Crippen LogP contribution in [0.4, 0.5) is 0 Å². The van der Waals surface area contributed by atoms with Crippen molar-refractivity contribution in [2.45, 2.75) is 52.5 Å². The number of hydrogen-bond donors (Lipinski definition) is 0. The van der Waals surface area contributed by atoms with Gasteiger partial charge in [0.1, 0.15) is 0 Å². The van der Waals surface area contributed by atoms with Crippen LogP contribution >= 0.6 is 0 Å².